The summed E-state index contributed by atoms with van der Waals surface area (Å²) in [4.78, 5) is 0.579. The monoisotopic (exact) mass is 295 g/mol. The number of halogens is 2. The highest BCUT2D eigenvalue weighted by Crippen LogP contribution is 2.24. The molecule has 3 nitrogen and oxygen atoms in total. The van der Waals surface area contributed by atoms with Gasteiger partial charge in [0.15, 0.2) is 0 Å². The zero-order chi connectivity index (χ0) is 12.8. The molecule has 0 aromatic heterocycles. The van der Waals surface area contributed by atoms with Gasteiger partial charge in [-0.3, -0.25) is 4.21 Å². The summed E-state index contributed by atoms with van der Waals surface area (Å²) in [6.45, 7) is 3.16. The molecule has 0 saturated heterocycles. The van der Waals surface area contributed by atoms with Gasteiger partial charge in [-0.15, -0.1) is 0 Å². The van der Waals surface area contributed by atoms with Crippen molar-refractivity contribution in [3.8, 4) is 0 Å². The van der Waals surface area contributed by atoms with Crippen molar-refractivity contribution < 1.29 is 9.32 Å². The Kier molecular flexibility index (Phi) is 6.44. The summed E-state index contributed by atoms with van der Waals surface area (Å²) in [5, 5.41) is 13.4. The van der Waals surface area contributed by atoms with Gasteiger partial charge in [0.1, 0.15) is 0 Å². The number of rotatable bonds is 6. The largest absolute Gasteiger partial charge is 0.391 e. The van der Waals surface area contributed by atoms with Gasteiger partial charge in [-0.2, -0.15) is 0 Å². The Labute approximate surface area is 114 Å². The van der Waals surface area contributed by atoms with Gasteiger partial charge in [-0.1, -0.05) is 30.1 Å². The van der Waals surface area contributed by atoms with Crippen LogP contribution in [0.3, 0.4) is 0 Å². The predicted molar refractivity (Wildman–Crippen MR) is 72.3 cm³/mol. The molecule has 17 heavy (non-hydrogen) atoms. The van der Waals surface area contributed by atoms with Crippen LogP contribution in [0, 0.1) is 0 Å². The first-order valence-electron chi connectivity index (χ1n) is 5.26. The van der Waals surface area contributed by atoms with Crippen molar-refractivity contribution in [2.24, 2.45) is 0 Å². The van der Waals surface area contributed by atoms with E-state index in [9.17, 15) is 9.32 Å². The Morgan fingerprint density at radius 3 is 2.71 bits per heavy atom. The third-order valence-electron chi connectivity index (χ3n) is 2.13. The second-order valence-corrected chi connectivity index (χ2v) is 5.86. The molecule has 1 aromatic carbocycles. The van der Waals surface area contributed by atoms with E-state index >= 15 is 0 Å². The topological polar surface area (TPSA) is 49.3 Å². The van der Waals surface area contributed by atoms with Crippen molar-refractivity contribution in [2.45, 2.75) is 17.9 Å². The first kappa shape index (κ1) is 14.9. The third-order valence-corrected chi connectivity index (χ3v) is 4.33. The third kappa shape index (κ3) is 4.94. The summed E-state index contributed by atoms with van der Waals surface area (Å²) in [6.07, 6.45) is -0.634. The fraction of sp³-hybridized carbons (Fsp3) is 0.455. The Balaban J connectivity index is 2.60. The van der Waals surface area contributed by atoms with Crippen LogP contribution < -0.4 is 5.32 Å². The highest BCUT2D eigenvalue weighted by atomic mass is 35.5. The Morgan fingerprint density at radius 2 is 2.12 bits per heavy atom. The van der Waals surface area contributed by atoms with Gasteiger partial charge in [0.2, 0.25) is 0 Å². The predicted octanol–water partition coefficient (Wildman–Crippen LogP) is 2.07. The second-order valence-electron chi connectivity index (χ2n) is 3.55. The van der Waals surface area contributed by atoms with E-state index in [0.29, 0.717) is 21.5 Å². The van der Waals surface area contributed by atoms with Gasteiger partial charge < -0.3 is 10.4 Å². The maximum Gasteiger partial charge on any atom is 0.0783 e. The average molecular weight is 296 g/mol. The van der Waals surface area contributed by atoms with Crippen LogP contribution in [0.15, 0.2) is 23.1 Å². The molecule has 2 N–H and O–H groups in total. The summed E-state index contributed by atoms with van der Waals surface area (Å²) in [5.41, 5.74) is 0. The summed E-state index contributed by atoms with van der Waals surface area (Å²) >= 11 is 11.6. The van der Waals surface area contributed by atoms with Gasteiger partial charge in [-0.25, -0.2) is 0 Å². The second kappa shape index (κ2) is 7.34. The van der Waals surface area contributed by atoms with Gasteiger partial charge >= 0.3 is 0 Å². The first-order chi connectivity index (χ1) is 8.04. The van der Waals surface area contributed by atoms with Crippen LogP contribution in [0.25, 0.3) is 0 Å². The smallest absolute Gasteiger partial charge is 0.0783 e. The van der Waals surface area contributed by atoms with E-state index in [1.165, 1.54) is 0 Å². The van der Waals surface area contributed by atoms with E-state index in [-0.39, 0.29) is 5.75 Å². The molecule has 0 bridgehead atoms. The summed E-state index contributed by atoms with van der Waals surface area (Å²) in [5.74, 6) is 0.185. The lowest BCUT2D eigenvalue weighted by atomic mass is 10.4. The number of aliphatic hydroxyl groups excluding tert-OH is 1. The SMILES string of the molecule is CCNCC(O)CS(=O)c1ccc(Cl)c(Cl)c1. The van der Waals surface area contributed by atoms with Crippen LogP contribution in [-0.4, -0.2) is 34.3 Å². The number of nitrogens with one attached hydrogen (secondary N) is 1. The van der Waals surface area contributed by atoms with Crippen molar-refractivity contribution in [2.75, 3.05) is 18.8 Å². The van der Waals surface area contributed by atoms with Gasteiger partial charge in [0.25, 0.3) is 0 Å². The highest BCUT2D eigenvalue weighted by molar-refractivity contribution is 7.85. The number of likely N-dealkylation sites (N-methyl/N-ethyl adjacent to an activating group) is 1. The summed E-state index contributed by atoms with van der Waals surface area (Å²) < 4.78 is 11.9. The molecule has 0 amide bonds. The fourth-order valence-electron chi connectivity index (χ4n) is 1.26. The minimum absolute atomic E-state index is 0.185. The van der Waals surface area contributed by atoms with Crippen LogP contribution >= 0.6 is 23.2 Å². The van der Waals surface area contributed by atoms with E-state index < -0.39 is 16.9 Å². The minimum atomic E-state index is -1.27. The molecule has 0 saturated carbocycles. The summed E-state index contributed by atoms with van der Waals surface area (Å²) in [6, 6.07) is 4.83. The molecule has 0 spiro atoms. The van der Waals surface area contributed by atoms with Gasteiger partial charge in [0, 0.05) is 11.4 Å². The Hall–Kier alpha value is -0.130. The normalized spacial score (nSPS) is 14.6. The van der Waals surface area contributed by atoms with E-state index in [4.69, 9.17) is 23.2 Å². The van der Waals surface area contributed by atoms with Crippen molar-refractivity contribution in [3.05, 3.63) is 28.2 Å². The van der Waals surface area contributed by atoms with E-state index in [0.717, 1.165) is 6.54 Å². The zero-order valence-corrected chi connectivity index (χ0v) is 11.8. The molecular weight excluding hydrogens is 281 g/mol. The van der Waals surface area contributed by atoms with Crippen molar-refractivity contribution in [1.82, 2.24) is 5.32 Å². The standard InChI is InChI=1S/C11H15Cl2NO2S/c1-2-14-6-8(15)7-17(16)9-3-4-10(12)11(13)5-9/h3-5,8,14-15H,2,6-7H2,1H3. The molecule has 0 heterocycles. The first-order valence-corrected chi connectivity index (χ1v) is 7.34. The van der Waals surface area contributed by atoms with Crippen LogP contribution in [0.1, 0.15) is 6.92 Å². The van der Waals surface area contributed by atoms with Crippen molar-refractivity contribution in [1.29, 1.82) is 0 Å². The molecule has 0 aliphatic heterocycles. The lowest BCUT2D eigenvalue weighted by Crippen LogP contribution is -2.30. The van der Waals surface area contributed by atoms with Crippen LogP contribution in [0.5, 0.6) is 0 Å². The maximum absolute atomic E-state index is 11.9. The molecule has 96 valence electrons. The van der Waals surface area contributed by atoms with E-state index in [2.05, 4.69) is 5.32 Å². The molecular formula is C11H15Cl2NO2S. The number of hydrogen-bond acceptors (Lipinski definition) is 3. The maximum atomic E-state index is 11.9. The molecule has 1 aromatic rings. The minimum Gasteiger partial charge on any atom is -0.391 e. The molecule has 0 aliphatic rings. The van der Waals surface area contributed by atoms with Crippen LogP contribution in [-0.2, 0) is 10.8 Å². The number of hydrogen-bond donors (Lipinski definition) is 2. The molecule has 0 radical (unpaired) electrons. The molecule has 0 fully saturated rings. The van der Waals surface area contributed by atoms with E-state index in [1.807, 2.05) is 6.92 Å². The van der Waals surface area contributed by atoms with Crippen LogP contribution in [0.2, 0.25) is 10.0 Å². The lowest BCUT2D eigenvalue weighted by Gasteiger charge is -2.10. The van der Waals surface area contributed by atoms with Gasteiger partial charge in [0.05, 0.1) is 32.7 Å². The van der Waals surface area contributed by atoms with Crippen LogP contribution in [0.4, 0.5) is 0 Å². The van der Waals surface area contributed by atoms with Gasteiger partial charge in [-0.05, 0) is 24.7 Å². The van der Waals surface area contributed by atoms with Crippen molar-refractivity contribution in [3.63, 3.8) is 0 Å². The zero-order valence-electron chi connectivity index (χ0n) is 9.45. The average Bonchev–Trinajstić information content (AvgIpc) is 2.30. The lowest BCUT2D eigenvalue weighted by molar-refractivity contribution is 0.195. The molecule has 6 heteroatoms. The Bertz CT molecular complexity index is 401. The molecule has 1 rings (SSSR count). The molecule has 2 unspecified atom stereocenters. The molecule has 2 atom stereocenters. The fourth-order valence-corrected chi connectivity index (χ4v) is 2.75. The summed E-state index contributed by atoms with van der Waals surface area (Å²) in [7, 11) is -1.27. The number of aliphatic hydroxyl groups is 1. The number of benzene rings is 1. The molecule has 0 aliphatic carbocycles. The van der Waals surface area contributed by atoms with E-state index in [1.54, 1.807) is 18.2 Å². The highest BCUT2D eigenvalue weighted by Gasteiger charge is 2.12. The quantitative estimate of drug-likeness (QED) is 0.845. The van der Waals surface area contributed by atoms with Crippen molar-refractivity contribution >= 4 is 34.0 Å². The Morgan fingerprint density at radius 1 is 1.41 bits per heavy atom.